The Labute approximate surface area is 158 Å². The Hall–Kier alpha value is -2.93. The lowest BCUT2D eigenvalue weighted by Gasteiger charge is -2.16. The highest BCUT2D eigenvalue weighted by atomic mass is 16.2. The molecule has 1 amide bonds. The molecule has 142 valence electrons. The smallest absolute Gasteiger partial charge is 0.271 e. The first-order valence-electron chi connectivity index (χ1n) is 9.03. The lowest BCUT2D eigenvalue weighted by Crippen LogP contribution is -2.31. The molecular formula is C20H25N5O2. The number of nitrogens with one attached hydrogen (secondary N) is 2. The summed E-state index contributed by atoms with van der Waals surface area (Å²) in [5, 5.41) is 3.29. The molecular weight excluding hydrogens is 342 g/mol. The minimum Gasteiger partial charge on any atom is -0.376 e. The van der Waals surface area contributed by atoms with Gasteiger partial charge in [0.2, 0.25) is 5.91 Å². The number of likely N-dealkylation sites (N-methyl/N-ethyl adjacent to an activating group) is 1. The number of nitrogens with zero attached hydrogens (tertiary/aromatic N) is 3. The number of hydrogen-bond donors (Lipinski definition) is 2. The number of carbonyl (C=O) groups excluding carboxylic acids is 1. The van der Waals surface area contributed by atoms with E-state index in [4.69, 9.17) is 0 Å². The van der Waals surface area contributed by atoms with Crippen LogP contribution in [0.1, 0.15) is 6.42 Å². The first kappa shape index (κ1) is 18.8. The molecule has 0 aliphatic carbocycles. The second-order valence-electron chi connectivity index (χ2n) is 6.95. The highest BCUT2D eigenvalue weighted by Crippen LogP contribution is 2.20. The fourth-order valence-corrected chi connectivity index (χ4v) is 3.07. The Morgan fingerprint density at radius 3 is 2.89 bits per heavy atom. The molecule has 3 heterocycles. The van der Waals surface area contributed by atoms with Gasteiger partial charge in [0.05, 0.1) is 0 Å². The van der Waals surface area contributed by atoms with E-state index in [1.165, 1.54) is 0 Å². The van der Waals surface area contributed by atoms with E-state index in [9.17, 15) is 9.59 Å². The minimum atomic E-state index is -0.163. The zero-order valence-electron chi connectivity index (χ0n) is 15.7. The molecule has 7 nitrogen and oxygen atoms in total. The van der Waals surface area contributed by atoms with Crippen LogP contribution in [0, 0.1) is 0 Å². The predicted octanol–water partition coefficient (Wildman–Crippen LogP) is 1.57. The van der Waals surface area contributed by atoms with Gasteiger partial charge >= 0.3 is 0 Å². The molecule has 7 heteroatoms. The molecule has 1 saturated heterocycles. The van der Waals surface area contributed by atoms with Crippen LogP contribution in [0.3, 0.4) is 0 Å². The van der Waals surface area contributed by atoms with Gasteiger partial charge in [-0.25, -0.2) is 0 Å². The molecule has 2 aromatic rings. The maximum Gasteiger partial charge on any atom is 0.271 e. The monoisotopic (exact) mass is 367 g/mol. The summed E-state index contributed by atoms with van der Waals surface area (Å²) in [5.41, 5.74) is 2.26. The van der Waals surface area contributed by atoms with Crippen LogP contribution < -0.4 is 10.9 Å². The van der Waals surface area contributed by atoms with Crippen LogP contribution >= 0.6 is 0 Å². The molecule has 1 atom stereocenters. The third kappa shape index (κ3) is 5.04. The van der Waals surface area contributed by atoms with Gasteiger partial charge in [-0.2, -0.15) is 0 Å². The minimum absolute atomic E-state index is 0.0144. The summed E-state index contributed by atoms with van der Waals surface area (Å²) in [6.07, 6.45) is 9.44. The van der Waals surface area contributed by atoms with E-state index < -0.39 is 0 Å². The van der Waals surface area contributed by atoms with Crippen LogP contribution in [0.25, 0.3) is 11.1 Å². The van der Waals surface area contributed by atoms with Crippen LogP contribution in [-0.2, 0) is 4.79 Å². The lowest BCUT2D eigenvalue weighted by atomic mass is 10.1. The largest absolute Gasteiger partial charge is 0.376 e. The van der Waals surface area contributed by atoms with Crippen molar-refractivity contribution in [1.82, 2.24) is 19.8 Å². The average Bonchev–Trinajstić information content (AvgIpc) is 3.12. The Morgan fingerprint density at radius 2 is 2.15 bits per heavy atom. The number of amides is 1. The molecule has 0 spiro atoms. The molecule has 1 aliphatic heterocycles. The second-order valence-corrected chi connectivity index (χ2v) is 6.95. The molecule has 2 aromatic heterocycles. The molecule has 1 unspecified atom stereocenters. The first-order chi connectivity index (χ1) is 13.0. The van der Waals surface area contributed by atoms with Crippen molar-refractivity contribution < 1.29 is 4.79 Å². The van der Waals surface area contributed by atoms with Crippen molar-refractivity contribution >= 4 is 11.6 Å². The van der Waals surface area contributed by atoms with E-state index in [0.717, 1.165) is 24.1 Å². The van der Waals surface area contributed by atoms with Gasteiger partial charge in [-0.05, 0) is 44.3 Å². The Balaban J connectivity index is 1.64. The summed E-state index contributed by atoms with van der Waals surface area (Å²) in [7, 11) is 3.92. The van der Waals surface area contributed by atoms with Crippen LogP contribution in [0.2, 0.25) is 0 Å². The molecule has 1 aliphatic rings. The Bertz CT molecular complexity index is 860. The summed E-state index contributed by atoms with van der Waals surface area (Å²) >= 11 is 0. The molecule has 1 fully saturated rings. The van der Waals surface area contributed by atoms with Gasteiger partial charge in [-0.15, -0.1) is 0 Å². The molecule has 3 rings (SSSR count). The number of anilines is 1. The summed E-state index contributed by atoms with van der Waals surface area (Å²) in [4.78, 5) is 35.0. The van der Waals surface area contributed by atoms with Gasteiger partial charge in [-0.1, -0.05) is 6.08 Å². The molecule has 0 radical (unpaired) electrons. The summed E-state index contributed by atoms with van der Waals surface area (Å²) < 4.78 is 0. The van der Waals surface area contributed by atoms with Crippen molar-refractivity contribution in [2.45, 2.75) is 12.5 Å². The van der Waals surface area contributed by atoms with E-state index in [0.29, 0.717) is 18.8 Å². The van der Waals surface area contributed by atoms with Crippen molar-refractivity contribution in [3.63, 3.8) is 0 Å². The van der Waals surface area contributed by atoms with Gasteiger partial charge in [0, 0.05) is 55.9 Å². The van der Waals surface area contributed by atoms with Crippen molar-refractivity contribution in [2.24, 2.45) is 0 Å². The van der Waals surface area contributed by atoms with E-state index in [-0.39, 0.29) is 17.5 Å². The zero-order chi connectivity index (χ0) is 19.2. The van der Waals surface area contributed by atoms with Gasteiger partial charge in [0.15, 0.2) is 0 Å². The number of aromatic nitrogens is 2. The van der Waals surface area contributed by atoms with Crippen molar-refractivity contribution in [1.29, 1.82) is 0 Å². The third-order valence-electron chi connectivity index (χ3n) is 4.51. The van der Waals surface area contributed by atoms with Crippen LogP contribution in [-0.4, -0.2) is 65.4 Å². The maximum absolute atomic E-state index is 12.2. The summed E-state index contributed by atoms with van der Waals surface area (Å²) in [6.45, 7) is 2.01. The van der Waals surface area contributed by atoms with Crippen LogP contribution in [0.15, 0.2) is 53.7 Å². The number of rotatable bonds is 6. The normalized spacial score (nSPS) is 17.0. The number of pyridine rings is 2. The zero-order valence-corrected chi connectivity index (χ0v) is 15.7. The van der Waals surface area contributed by atoms with E-state index in [1.54, 1.807) is 24.7 Å². The van der Waals surface area contributed by atoms with Gasteiger partial charge in [-0.3, -0.25) is 14.6 Å². The number of H-pyrrole nitrogens is 1. The fourth-order valence-electron chi connectivity index (χ4n) is 3.07. The topological polar surface area (TPSA) is 81.3 Å². The molecule has 27 heavy (non-hydrogen) atoms. The van der Waals surface area contributed by atoms with Crippen molar-refractivity contribution in [3.05, 3.63) is 59.3 Å². The van der Waals surface area contributed by atoms with Gasteiger partial charge < -0.3 is 20.1 Å². The molecule has 0 bridgehead atoms. The molecule has 0 saturated carbocycles. The number of likely N-dealkylation sites (tertiary alicyclic amines) is 1. The van der Waals surface area contributed by atoms with E-state index in [1.807, 2.05) is 48.2 Å². The molecule has 0 aromatic carbocycles. The second kappa shape index (κ2) is 8.64. The predicted molar refractivity (Wildman–Crippen MR) is 107 cm³/mol. The highest BCUT2D eigenvalue weighted by molar-refractivity contribution is 5.87. The van der Waals surface area contributed by atoms with Crippen LogP contribution in [0.5, 0.6) is 0 Å². The van der Waals surface area contributed by atoms with Crippen molar-refractivity contribution in [2.75, 3.05) is 39.0 Å². The van der Waals surface area contributed by atoms with Crippen molar-refractivity contribution in [3.8, 4) is 11.1 Å². The van der Waals surface area contributed by atoms with Gasteiger partial charge in [0.25, 0.3) is 5.56 Å². The number of hydrogen-bond acceptors (Lipinski definition) is 5. The van der Waals surface area contributed by atoms with Gasteiger partial charge in [0.1, 0.15) is 5.69 Å². The Kier molecular flexibility index (Phi) is 6.03. The molecule has 2 N–H and O–H groups in total. The third-order valence-corrected chi connectivity index (χ3v) is 4.51. The average molecular weight is 367 g/mol. The summed E-state index contributed by atoms with van der Waals surface area (Å²) in [6, 6.07) is 5.70. The van der Waals surface area contributed by atoms with E-state index in [2.05, 4.69) is 15.3 Å². The SMILES string of the molecule is CN(C)C/C=C/C(=O)N1CCC(Nc2cc(-c3ccncc3)c[nH]c2=O)C1. The van der Waals surface area contributed by atoms with E-state index >= 15 is 0 Å². The fraction of sp³-hybridized carbons (Fsp3) is 0.350. The standard InChI is InChI=1S/C20H25N5O2/c1-24(2)10-3-4-19(26)25-11-7-17(14-25)23-18-12-16(13-22-20(18)27)15-5-8-21-9-6-15/h3-6,8-9,12-13,17,23H,7,10-11,14H2,1-2H3,(H,22,27)/b4-3+. The van der Waals surface area contributed by atoms with Crippen LogP contribution in [0.4, 0.5) is 5.69 Å². The maximum atomic E-state index is 12.2. The Morgan fingerprint density at radius 1 is 1.37 bits per heavy atom. The lowest BCUT2D eigenvalue weighted by molar-refractivity contribution is -0.125. The quantitative estimate of drug-likeness (QED) is 0.758. The number of carbonyl (C=O) groups is 1. The highest BCUT2D eigenvalue weighted by Gasteiger charge is 2.25. The number of aromatic amines is 1. The first-order valence-corrected chi connectivity index (χ1v) is 9.03. The summed E-state index contributed by atoms with van der Waals surface area (Å²) in [5.74, 6) is 0.0144.